The van der Waals surface area contributed by atoms with Crippen LogP contribution in [0.3, 0.4) is 0 Å². The number of halogens is 4. The number of nitrogens with zero attached hydrogens (tertiary/aromatic N) is 2. The minimum atomic E-state index is -4.55. The van der Waals surface area contributed by atoms with Gasteiger partial charge in [0.05, 0.1) is 22.8 Å². The van der Waals surface area contributed by atoms with Gasteiger partial charge in [-0.1, -0.05) is 35.9 Å². The van der Waals surface area contributed by atoms with Crippen LogP contribution in [0.5, 0.6) is 5.75 Å². The van der Waals surface area contributed by atoms with Crippen molar-refractivity contribution in [3.8, 4) is 5.75 Å². The molecule has 166 valence electrons. The number of ether oxygens (including phenoxy) is 1. The third-order valence-corrected chi connectivity index (χ3v) is 5.10. The Morgan fingerprint density at radius 3 is 2.32 bits per heavy atom. The van der Waals surface area contributed by atoms with Crippen LogP contribution in [0.2, 0.25) is 5.02 Å². The Morgan fingerprint density at radius 2 is 1.65 bits per heavy atom. The normalized spacial score (nSPS) is 14.9. The Morgan fingerprint density at radius 1 is 1.00 bits per heavy atom. The zero-order valence-corrected chi connectivity index (χ0v) is 17.2. The molecule has 10 heteroatoms. The Bertz CT molecular complexity index is 931. The van der Waals surface area contributed by atoms with Gasteiger partial charge in [-0.15, -0.1) is 0 Å². The van der Waals surface area contributed by atoms with Crippen LogP contribution in [0, 0.1) is 0 Å². The molecule has 0 unspecified atom stereocenters. The van der Waals surface area contributed by atoms with Crippen LogP contribution in [0.1, 0.15) is 5.56 Å². The maximum absolute atomic E-state index is 13.1. The molecule has 6 nitrogen and oxygen atoms in total. The molecule has 1 saturated heterocycles. The van der Waals surface area contributed by atoms with E-state index in [2.05, 4.69) is 5.32 Å². The number of anilines is 1. The highest BCUT2D eigenvalue weighted by molar-refractivity contribution is 6.32. The molecule has 0 bridgehead atoms. The third kappa shape index (κ3) is 6.35. The highest BCUT2D eigenvalue weighted by Gasteiger charge is 2.33. The van der Waals surface area contributed by atoms with Crippen molar-refractivity contribution in [3.63, 3.8) is 0 Å². The first kappa shape index (κ1) is 22.9. The van der Waals surface area contributed by atoms with Crippen LogP contribution in [-0.4, -0.2) is 60.9 Å². The number of piperazine rings is 1. The van der Waals surface area contributed by atoms with Gasteiger partial charge in [0, 0.05) is 26.2 Å². The van der Waals surface area contributed by atoms with Gasteiger partial charge in [0.25, 0.3) is 5.91 Å². The Kier molecular flexibility index (Phi) is 7.40. The van der Waals surface area contributed by atoms with Gasteiger partial charge in [0.2, 0.25) is 5.91 Å². The van der Waals surface area contributed by atoms with Gasteiger partial charge in [0.15, 0.2) is 6.61 Å². The molecule has 0 aliphatic carbocycles. The number of hydrogen-bond acceptors (Lipinski definition) is 4. The maximum atomic E-state index is 13.1. The Labute approximate surface area is 182 Å². The lowest BCUT2D eigenvalue weighted by atomic mass is 10.1. The molecule has 31 heavy (non-hydrogen) atoms. The minimum Gasteiger partial charge on any atom is -0.482 e. The van der Waals surface area contributed by atoms with E-state index in [0.717, 1.165) is 6.07 Å². The van der Waals surface area contributed by atoms with Gasteiger partial charge in [-0.05, 0) is 24.3 Å². The number of amides is 2. The standard InChI is InChI=1S/C21H21ClF3N3O3/c22-16-6-2-4-8-18(16)31-14-20(30)28-11-9-27(10-12-28)13-19(29)26-17-7-3-1-5-15(17)21(23,24)25/h1-8H,9-14H2,(H,26,29). The molecule has 2 amide bonds. The highest BCUT2D eigenvalue weighted by atomic mass is 35.5. The molecule has 0 spiro atoms. The molecule has 2 aromatic rings. The summed E-state index contributed by atoms with van der Waals surface area (Å²) in [6.45, 7) is 1.40. The predicted octanol–water partition coefficient (Wildman–Crippen LogP) is 3.52. The van der Waals surface area contributed by atoms with Crippen molar-refractivity contribution >= 4 is 29.1 Å². The van der Waals surface area contributed by atoms with E-state index in [1.807, 2.05) is 0 Å². The van der Waals surface area contributed by atoms with E-state index >= 15 is 0 Å². The molecule has 0 saturated carbocycles. The number of nitrogens with one attached hydrogen (secondary N) is 1. The van der Waals surface area contributed by atoms with Crippen LogP contribution in [0.15, 0.2) is 48.5 Å². The number of benzene rings is 2. The third-order valence-electron chi connectivity index (χ3n) is 4.79. The smallest absolute Gasteiger partial charge is 0.418 e. The van der Waals surface area contributed by atoms with Crippen LogP contribution in [0.25, 0.3) is 0 Å². The van der Waals surface area contributed by atoms with Gasteiger partial charge < -0.3 is 15.0 Å². The number of alkyl halides is 3. The molecule has 0 radical (unpaired) electrons. The summed E-state index contributed by atoms with van der Waals surface area (Å²) in [6, 6.07) is 11.7. The molecule has 3 rings (SSSR count). The molecule has 0 atom stereocenters. The number of rotatable bonds is 6. The summed E-state index contributed by atoms with van der Waals surface area (Å²) in [6.07, 6.45) is -4.55. The quantitative estimate of drug-likeness (QED) is 0.724. The van der Waals surface area contributed by atoms with Crippen molar-refractivity contribution in [2.24, 2.45) is 0 Å². The number of carbonyl (C=O) groups excluding carboxylic acids is 2. The maximum Gasteiger partial charge on any atom is 0.418 e. The van der Waals surface area contributed by atoms with Crippen LogP contribution in [0.4, 0.5) is 18.9 Å². The highest BCUT2D eigenvalue weighted by Crippen LogP contribution is 2.34. The van der Waals surface area contributed by atoms with E-state index < -0.39 is 17.6 Å². The lowest BCUT2D eigenvalue weighted by molar-refractivity contribution is -0.137. The Hall–Kier alpha value is -2.78. The summed E-state index contributed by atoms with van der Waals surface area (Å²) in [5.74, 6) is -0.325. The SMILES string of the molecule is O=C(CN1CCN(C(=O)COc2ccccc2Cl)CC1)Nc1ccccc1C(F)(F)F. The van der Waals surface area contributed by atoms with Crippen LogP contribution >= 0.6 is 11.6 Å². The first-order valence-electron chi connectivity index (χ1n) is 9.57. The molecule has 2 aromatic carbocycles. The number of hydrogen-bond donors (Lipinski definition) is 1. The first-order chi connectivity index (χ1) is 14.7. The van der Waals surface area contributed by atoms with E-state index in [-0.39, 0.29) is 24.7 Å². The second-order valence-corrected chi connectivity index (χ2v) is 7.37. The molecule has 1 heterocycles. The van der Waals surface area contributed by atoms with Crippen molar-refractivity contribution in [2.75, 3.05) is 44.6 Å². The summed E-state index contributed by atoms with van der Waals surface area (Å²) in [5.41, 5.74) is -1.16. The van der Waals surface area contributed by atoms with Crippen molar-refractivity contribution in [2.45, 2.75) is 6.18 Å². The van der Waals surface area contributed by atoms with E-state index in [9.17, 15) is 22.8 Å². The molecule has 1 fully saturated rings. The van der Waals surface area contributed by atoms with Gasteiger partial charge in [-0.2, -0.15) is 13.2 Å². The summed E-state index contributed by atoms with van der Waals surface area (Å²) in [5, 5.41) is 2.74. The lowest BCUT2D eigenvalue weighted by Gasteiger charge is -2.34. The predicted molar refractivity (Wildman–Crippen MR) is 110 cm³/mol. The Balaban J connectivity index is 1.45. The zero-order chi connectivity index (χ0) is 22.4. The fourth-order valence-corrected chi connectivity index (χ4v) is 3.37. The molecular formula is C21H21ClF3N3O3. The largest absolute Gasteiger partial charge is 0.482 e. The second kappa shape index (κ2) is 10.0. The molecule has 1 N–H and O–H groups in total. The van der Waals surface area contributed by atoms with E-state index in [1.54, 1.807) is 34.1 Å². The van der Waals surface area contributed by atoms with Crippen LogP contribution in [-0.2, 0) is 15.8 Å². The fourth-order valence-electron chi connectivity index (χ4n) is 3.18. The molecule has 0 aromatic heterocycles. The number of carbonyl (C=O) groups is 2. The summed E-state index contributed by atoms with van der Waals surface area (Å²) in [7, 11) is 0. The van der Waals surface area contributed by atoms with Crippen molar-refractivity contribution in [3.05, 3.63) is 59.1 Å². The van der Waals surface area contributed by atoms with Gasteiger partial charge in [0.1, 0.15) is 5.75 Å². The molecule has 1 aliphatic rings. The van der Waals surface area contributed by atoms with Gasteiger partial charge >= 0.3 is 6.18 Å². The van der Waals surface area contributed by atoms with E-state index in [4.69, 9.17) is 16.3 Å². The second-order valence-electron chi connectivity index (χ2n) is 6.97. The molecular weight excluding hydrogens is 435 g/mol. The van der Waals surface area contributed by atoms with Crippen molar-refractivity contribution < 1.29 is 27.5 Å². The van der Waals surface area contributed by atoms with Gasteiger partial charge in [-0.25, -0.2) is 0 Å². The summed E-state index contributed by atoms with van der Waals surface area (Å²) < 4.78 is 44.6. The molecule has 1 aliphatic heterocycles. The summed E-state index contributed by atoms with van der Waals surface area (Å²) in [4.78, 5) is 28.0. The first-order valence-corrected chi connectivity index (χ1v) is 9.95. The minimum absolute atomic E-state index is 0.0651. The van der Waals surface area contributed by atoms with Crippen molar-refractivity contribution in [1.29, 1.82) is 0 Å². The average Bonchev–Trinajstić information content (AvgIpc) is 2.73. The van der Waals surface area contributed by atoms with E-state index in [1.165, 1.54) is 18.2 Å². The fraction of sp³-hybridized carbons (Fsp3) is 0.333. The lowest BCUT2D eigenvalue weighted by Crippen LogP contribution is -2.51. The van der Waals surface area contributed by atoms with Crippen molar-refractivity contribution in [1.82, 2.24) is 9.80 Å². The zero-order valence-electron chi connectivity index (χ0n) is 16.5. The topological polar surface area (TPSA) is 61.9 Å². The van der Waals surface area contributed by atoms with E-state index in [0.29, 0.717) is 37.0 Å². The van der Waals surface area contributed by atoms with Crippen LogP contribution < -0.4 is 10.1 Å². The average molecular weight is 456 g/mol. The monoisotopic (exact) mass is 455 g/mol. The van der Waals surface area contributed by atoms with Gasteiger partial charge in [-0.3, -0.25) is 14.5 Å². The number of para-hydroxylation sites is 2. The summed E-state index contributed by atoms with van der Waals surface area (Å²) >= 11 is 6.00.